The SMILES string of the molecule is O=C(Nc1ccc(O[C@H]2CCOC2)cc1)N[C@H]1CCCCNC1=O. The molecular weight excluding hydrogens is 310 g/mol. The van der Waals surface area contributed by atoms with Crippen molar-refractivity contribution in [3.05, 3.63) is 24.3 Å². The molecule has 2 saturated heterocycles. The summed E-state index contributed by atoms with van der Waals surface area (Å²) in [4.78, 5) is 23.9. The predicted octanol–water partition coefficient (Wildman–Crippen LogP) is 1.64. The fourth-order valence-corrected chi connectivity index (χ4v) is 2.82. The number of rotatable bonds is 4. The Labute approximate surface area is 141 Å². The third-order valence-corrected chi connectivity index (χ3v) is 4.14. The standard InChI is InChI=1S/C17H23N3O4/c21-16-15(3-1-2-9-18-16)20-17(22)19-12-4-6-13(7-5-12)24-14-8-10-23-11-14/h4-7,14-15H,1-3,8-11H2,(H,18,21)(H2,19,20,22)/t14-,15-/m0/s1. The Morgan fingerprint density at radius 1 is 1.21 bits per heavy atom. The van der Waals surface area contributed by atoms with Crippen molar-refractivity contribution in [2.24, 2.45) is 0 Å². The van der Waals surface area contributed by atoms with Crippen molar-refractivity contribution in [2.45, 2.75) is 37.8 Å². The molecule has 2 aliphatic rings. The second kappa shape index (κ2) is 8.01. The Kier molecular flexibility index (Phi) is 5.53. The largest absolute Gasteiger partial charge is 0.488 e. The summed E-state index contributed by atoms with van der Waals surface area (Å²) in [6.45, 7) is 2.03. The number of carbonyl (C=O) groups excluding carboxylic acids is 2. The minimum Gasteiger partial charge on any atom is -0.488 e. The maximum absolute atomic E-state index is 12.1. The lowest BCUT2D eigenvalue weighted by Crippen LogP contribution is -2.46. The number of amides is 3. The number of nitrogens with one attached hydrogen (secondary N) is 3. The maximum Gasteiger partial charge on any atom is 0.319 e. The number of hydrogen-bond acceptors (Lipinski definition) is 4. The lowest BCUT2D eigenvalue weighted by Gasteiger charge is -2.16. The highest BCUT2D eigenvalue weighted by atomic mass is 16.5. The molecule has 0 spiro atoms. The van der Waals surface area contributed by atoms with Crippen molar-refractivity contribution in [1.29, 1.82) is 0 Å². The zero-order chi connectivity index (χ0) is 16.8. The van der Waals surface area contributed by atoms with Crippen molar-refractivity contribution in [3.63, 3.8) is 0 Å². The van der Waals surface area contributed by atoms with Crippen molar-refractivity contribution in [3.8, 4) is 5.75 Å². The lowest BCUT2D eigenvalue weighted by molar-refractivity contribution is -0.122. The Morgan fingerprint density at radius 2 is 2.04 bits per heavy atom. The smallest absolute Gasteiger partial charge is 0.319 e. The normalized spacial score (nSPS) is 23.9. The van der Waals surface area contributed by atoms with E-state index < -0.39 is 6.04 Å². The molecule has 1 aromatic carbocycles. The summed E-state index contributed by atoms with van der Waals surface area (Å²) in [6, 6.07) is 6.32. The molecule has 24 heavy (non-hydrogen) atoms. The van der Waals surface area contributed by atoms with Crippen LogP contribution in [0.1, 0.15) is 25.7 Å². The molecule has 130 valence electrons. The number of urea groups is 1. The summed E-state index contributed by atoms with van der Waals surface area (Å²) in [7, 11) is 0. The van der Waals surface area contributed by atoms with E-state index in [0.717, 1.165) is 31.6 Å². The predicted molar refractivity (Wildman–Crippen MR) is 89.1 cm³/mol. The topological polar surface area (TPSA) is 88.7 Å². The molecule has 2 fully saturated rings. The summed E-state index contributed by atoms with van der Waals surface area (Å²) in [6.07, 6.45) is 3.52. The van der Waals surface area contributed by atoms with Gasteiger partial charge in [-0.2, -0.15) is 0 Å². The Bertz CT molecular complexity index is 570. The van der Waals surface area contributed by atoms with Gasteiger partial charge in [0, 0.05) is 18.7 Å². The molecule has 2 heterocycles. The molecule has 7 nitrogen and oxygen atoms in total. The van der Waals surface area contributed by atoms with Gasteiger partial charge in [0.2, 0.25) is 5.91 Å². The number of hydrogen-bond donors (Lipinski definition) is 3. The first-order valence-corrected chi connectivity index (χ1v) is 8.40. The van der Waals surface area contributed by atoms with E-state index >= 15 is 0 Å². The van der Waals surface area contributed by atoms with Gasteiger partial charge < -0.3 is 25.4 Å². The first-order valence-electron chi connectivity index (χ1n) is 8.40. The highest BCUT2D eigenvalue weighted by Gasteiger charge is 2.22. The van der Waals surface area contributed by atoms with Gasteiger partial charge in [0.1, 0.15) is 17.9 Å². The van der Waals surface area contributed by atoms with Crippen LogP contribution in [0.4, 0.5) is 10.5 Å². The van der Waals surface area contributed by atoms with E-state index in [1.54, 1.807) is 12.1 Å². The van der Waals surface area contributed by atoms with Crippen LogP contribution in [0.15, 0.2) is 24.3 Å². The molecule has 0 aliphatic carbocycles. The molecule has 0 unspecified atom stereocenters. The van der Waals surface area contributed by atoms with Gasteiger partial charge >= 0.3 is 6.03 Å². The van der Waals surface area contributed by atoms with Crippen LogP contribution < -0.4 is 20.7 Å². The molecule has 0 radical (unpaired) electrons. The first-order chi connectivity index (χ1) is 11.7. The molecule has 3 amide bonds. The number of carbonyl (C=O) groups is 2. The van der Waals surface area contributed by atoms with Crippen LogP contribution in [-0.4, -0.2) is 43.8 Å². The number of benzene rings is 1. The van der Waals surface area contributed by atoms with Crippen LogP contribution in [0.2, 0.25) is 0 Å². The summed E-state index contributed by atoms with van der Waals surface area (Å²) in [5, 5.41) is 8.26. The minimum atomic E-state index is -0.475. The van der Waals surface area contributed by atoms with Gasteiger partial charge in [0.15, 0.2) is 0 Å². The zero-order valence-corrected chi connectivity index (χ0v) is 13.5. The van der Waals surface area contributed by atoms with E-state index in [2.05, 4.69) is 16.0 Å². The second-order valence-corrected chi connectivity index (χ2v) is 6.07. The molecule has 7 heteroatoms. The highest BCUT2D eigenvalue weighted by Crippen LogP contribution is 2.19. The molecule has 1 aromatic rings. The van der Waals surface area contributed by atoms with Crippen LogP contribution in [0.25, 0.3) is 0 Å². The molecule has 3 N–H and O–H groups in total. The van der Waals surface area contributed by atoms with E-state index in [0.29, 0.717) is 25.3 Å². The van der Waals surface area contributed by atoms with E-state index in [4.69, 9.17) is 9.47 Å². The van der Waals surface area contributed by atoms with Crippen LogP contribution >= 0.6 is 0 Å². The molecule has 2 atom stereocenters. The van der Waals surface area contributed by atoms with Crippen molar-refractivity contribution in [2.75, 3.05) is 25.1 Å². The van der Waals surface area contributed by atoms with E-state index in [9.17, 15) is 9.59 Å². The van der Waals surface area contributed by atoms with Gasteiger partial charge in [-0.1, -0.05) is 0 Å². The Balaban J connectivity index is 1.49. The van der Waals surface area contributed by atoms with Crippen LogP contribution in [-0.2, 0) is 9.53 Å². The molecule has 0 aromatic heterocycles. The molecular formula is C17H23N3O4. The Morgan fingerprint density at radius 3 is 2.79 bits per heavy atom. The van der Waals surface area contributed by atoms with Gasteiger partial charge in [-0.25, -0.2) is 4.79 Å². The molecule has 2 aliphatic heterocycles. The average Bonchev–Trinajstić information content (AvgIpc) is 3.00. The molecule has 0 bridgehead atoms. The zero-order valence-electron chi connectivity index (χ0n) is 13.5. The van der Waals surface area contributed by atoms with Crippen molar-refractivity contribution < 1.29 is 19.1 Å². The average molecular weight is 333 g/mol. The van der Waals surface area contributed by atoms with Crippen molar-refractivity contribution in [1.82, 2.24) is 10.6 Å². The van der Waals surface area contributed by atoms with E-state index in [-0.39, 0.29) is 18.0 Å². The third kappa shape index (κ3) is 4.61. The van der Waals surface area contributed by atoms with Crippen molar-refractivity contribution >= 4 is 17.6 Å². The number of anilines is 1. The minimum absolute atomic E-state index is 0.0980. The fraction of sp³-hybridized carbons (Fsp3) is 0.529. The fourth-order valence-electron chi connectivity index (χ4n) is 2.82. The van der Waals surface area contributed by atoms with Gasteiger partial charge in [-0.15, -0.1) is 0 Å². The first kappa shape index (κ1) is 16.6. The summed E-state index contributed by atoms with van der Waals surface area (Å²) >= 11 is 0. The van der Waals surface area contributed by atoms with Gasteiger partial charge in [0.05, 0.1) is 13.2 Å². The van der Waals surface area contributed by atoms with Crippen LogP contribution in [0.5, 0.6) is 5.75 Å². The van der Waals surface area contributed by atoms with E-state index in [1.165, 1.54) is 0 Å². The van der Waals surface area contributed by atoms with Crippen LogP contribution in [0.3, 0.4) is 0 Å². The highest BCUT2D eigenvalue weighted by molar-refractivity contribution is 5.93. The lowest BCUT2D eigenvalue weighted by atomic mass is 10.1. The summed E-state index contributed by atoms with van der Waals surface area (Å²) < 4.78 is 11.1. The van der Waals surface area contributed by atoms with Gasteiger partial charge in [-0.3, -0.25) is 4.79 Å². The van der Waals surface area contributed by atoms with E-state index in [1.807, 2.05) is 12.1 Å². The monoisotopic (exact) mass is 333 g/mol. The van der Waals surface area contributed by atoms with Gasteiger partial charge in [-0.05, 0) is 43.5 Å². The maximum atomic E-state index is 12.1. The third-order valence-electron chi connectivity index (χ3n) is 4.14. The quantitative estimate of drug-likeness (QED) is 0.781. The summed E-state index contributed by atoms with van der Waals surface area (Å²) in [5.74, 6) is 0.629. The van der Waals surface area contributed by atoms with Crippen LogP contribution in [0, 0.1) is 0 Å². The molecule has 3 rings (SSSR count). The Hall–Kier alpha value is -2.28. The van der Waals surface area contributed by atoms with Gasteiger partial charge in [0.25, 0.3) is 0 Å². The summed E-state index contributed by atoms with van der Waals surface area (Å²) in [5.41, 5.74) is 0.650. The second-order valence-electron chi connectivity index (χ2n) is 6.07. The molecule has 0 saturated carbocycles. The number of ether oxygens (including phenoxy) is 2.